The number of imidazole rings is 1. The van der Waals surface area contributed by atoms with Gasteiger partial charge in [-0.1, -0.05) is 60.7 Å². The van der Waals surface area contributed by atoms with Crippen LogP contribution in [-0.2, 0) is 13.1 Å². The number of nitrogens with zero attached hydrogens (tertiary/aromatic N) is 5. The molecule has 0 spiro atoms. The summed E-state index contributed by atoms with van der Waals surface area (Å²) in [6, 6.07) is 20.8. The minimum Gasteiger partial charge on any atom is -0.346 e. The van der Waals surface area contributed by atoms with E-state index >= 15 is 0 Å². The van der Waals surface area contributed by atoms with Crippen LogP contribution in [0.25, 0.3) is 11.2 Å². The lowest BCUT2D eigenvalue weighted by molar-refractivity contribution is 0.168. The Morgan fingerprint density at radius 3 is 2.15 bits per heavy atom. The number of likely N-dealkylation sites (tertiary alicyclic amines) is 1. The van der Waals surface area contributed by atoms with Crippen LogP contribution in [0.3, 0.4) is 0 Å². The highest BCUT2D eigenvalue weighted by Gasteiger charge is 2.33. The standard InChI is InChI=1S/C27H32N6O/c1-27(2,3)32-15-14-22(18-32)33-25-23(30-26(33)34)24(28-19-29-25)31(16-20-10-6-4-7-11-20)17-21-12-8-5-9-13-21/h4-13,19,22H,14-18H2,1-3H3,(H,30,34)/t22-/m1/s1. The van der Waals surface area contributed by atoms with Gasteiger partial charge < -0.3 is 9.88 Å². The molecule has 5 rings (SSSR count). The van der Waals surface area contributed by atoms with Crippen LogP contribution in [0.5, 0.6) is 0 Å². The van der Waals surface area contributed by atoms with Crippen LogP contribution in [0.4, 0.5) is 5.82 Å². The second kappa shape index (κ2) is 9.06. The summed E-state index contributed by atoms with van der Waals surface area (Å²) >= 11 is 0. The number of aromatic nitrogens is 4. The molecule has 34 heavy (non-hydrogen) atoms. The van der Waals surface area contributed by atoms with Gasteiger partial charge in [-0.15, -0.1) is 0 Å². The number of H-pyrrole nitrogens is 1. The van der Waals surface area contributed by atoms with Crippen molar-refractivity contribution in [2.75, 3.05) is 18.0 Å². The second-order valence-corrected chi connectivity index (χ2v) is 10.1. The third-order valence-electron chi connectivity index (χ3n) is 6.70. The molecule has 1 aliphatic rings. The summed E-state index contributed by atoms with van der Waals surface area (Å²) in [5, 5.41) is 0. The van der Waals surface area contributed by atoms with Crippen molar-refractivity contribution in [2.45, 2.75) is 51.9 Å². The molecule has 4 aromatic rings. The second-order valence-electron chi connectivity index (χ2n) is 10.1. The highest BCUT2D eigenvalue weighted by atomic mass is 16.1. The van der Waals surface area contributed by atoms with Crippen molar-refractivity contribution in [2.24, 2.45) is 0 Å². The lowest BCUT2D eigenvalue weighted by Gasteiger charge is -2.31. The molecule has 2 aromatic heterocycles. The zero-order valence-electron chi connectivity index (χ0n) is 20.1. The van der Waals surface area contributed by atoms with Crippen LogP contribution in [0.1, 0.15) is 44.4 Å². The molecule has 1 saturated heterocycles. The first kappa shape index (κ1) is 22.3. The van der Waals surface area contributed by atoms with E-state index < -0.39 is 0 Å². The molecule has 1 atom stereocenters. The summed E-state index contributed by atoms with van der Waals surface area (Å²) in [4.78, 5) is 30.1. The summed E-state index contributed by atoms with van der Waals surface area (Å²) in [6.45, 7) is 9.83. The van der Waals surface area contributed by atoms with Crippen molar-refractivity contribution < 1.29 is 0 Å². The number of rotatable bonds is 6. The molecule has 0 amide bonds. The summed E-state index contributed by atoms with van der Waals surface area (Å²) in [5.41, 5.74) is 3.71. The lowest BCUT2D eigenvalue weighted by Crippen LogP contribution is -2.40. The Labute approximate surface area is 200 Å². The van der Waals surface area contributed by atoms with E-state index in [0.717, 1.165) is 25.3 Å². The van der Waals surface area contributed by atoms with Crippen LogP contribution in [0.15, 0.2) is 71.8 Å². The number of hydrogen-bond donors (Lipinski definition) is 1. The van der Waals surface area contributed by atoms with E-state index in [1.807, 2.05) is 41.0 Å². The lowest BCUT2D eigenvalue weighted by atomic mass is 10.1. The molecule has 7 nitrogen and oxygen atoms in total. The van der Waals surface area contributed by atoms with Gasteiger partial charge in [0, 0.05) is 31.7 Å². The summed E-state index contributed by atoms with van der Waals surface area (Å²) in [6.07, 6.45) is 2.52. The van der Waals surface area contributed by atoms with Crippen LogP contribution < -0.4 is 10.6 Å². The predicted molar refractivity (Wildman–Crippen MR) is 136 cm³/mol. The van der Waals surface area contributed by atoms with Crippen LogP contribution >= 0.6 is 0 Å². The smallest absolute Gasteiger partial charge is 0.328 e. The van der Waals surface area contributed by atoms with Gasteiger partial charge in [0.2, 0.25) is 0 Å². The molecule has 2 aromatic carbocycles. The Balaban J connectivity index is 1.54. The highest BCUT2D eigenvalue weighted by Crippen LogP contribution is 2.30. The van der Waals surface area contributed by atoms with E-state index in [1.54, 1.807) is 6.33 Å². The molecule has 0 unspecified atom stereocenters. The molecule has 1 N–H and O–H groups in total. The topological polar surface area (TPSA) is 70.1 Å². The van der Waals surface area contributed by atoms with Crippen molar-refractivity contribution in [3.05, 3.63) is 88.6 Å². The maximum absolute atomic E-state index is 13.2. The third kappa shape index (κ3) is 4.48. The number of anilines is 1. The summed E-state index contributed by atoms with van der Waals surface area (Å²) in [7, 11) is 0. The van der Waals surface area contributed by atoms with Gasteiger partial charge in [0.25, 0.3) is 0 Å². The van der Waals surface area contributed by atoms with E-state index in [0.29, 0.717) is 24.3 Å². The molecule has 0 saturated carbocycles. The molecule has 0 bridgehead atoms. The molecule has 0 radical (unpaired) electrons. The fourth-order valence-electron chi connectivity index (χ4n) is 4.88. The molecule has 0 aliphatic carbocycles. The Bertz CT molecular complexity index is 1260. The maximum atomic E-state index is 13.2. The Kier molecular flexibility index (Phi) is 5.96. The molecular weight excluding hydrogens is 424 g/mol. The normalized spacial score (nSPS) is 16.9. The largest absolute Gasteiger partial charge is 0.346 e. The van der Waals surface area contributed by atoms with E-state index in [2.05, 4.69) is 69.8 Å². The van der Waals surface area contributed by atoms with Gasteiger partial charge in [0.05, 0.1) is 6.04 Å². The monoisotopic (exact) mass is 456 g/mol. The van der Waals surface area contributed by atoms with Crippen molar-refractivity contribution in [1.82, 2.24) is 24.4 Å². The maximum Gasteiger partial charge on any atom is 0.328 e. The highest BCUT2D eigenvalue weighted by molar-refractivity contribution is 5.83. The first-order chi connectivity index (χ1) is 16.4. The zero-order valence-corrected chi connectivity index (χ0v) is 20.1. The van der Waals surface area contributed by atoms with Gasteiger partial charge >= 0.3 is 5.69 Å². The number of nitrogens with one attached hydrogen (secondary N) is 1. The Morgan fingerprint density at radius 1 is 0.971 bits per heavy atom. The SMILES string of the molecule is CC(C)(C)N1CC[C@@H](n2c(=O)[nH]c3c(N(Cc4ccccc4)Cc4ccccc4)ncnc32)C1. The van der Waals surface area contributed by atoms with E-state index in [9.17, 15) is 4.79 Å². The molecule has 1 fully saturated rings. The molecule has 176 valence electrons. The van der Waals surface area contributed by atoms with Gasteiger partial charge in [-0.2, -0.15) is 0 Å². The quantitative estimate of drug-likeness (QED) is 0.467. The van der Waals surface area contributed by atoms with Gasteiger partial charge in [0.15, 0.2) is 11.5 Å². The fraction of sp³-hybridized carbons (Fsp3) is 0.370. The van der Waals surface area contributed by atoms with Crippen LogP contribution in [-0.4, -0.2) is 43.0 Å². The molecule has 3 heterocycles. The van der Waals surface area contributed by atoms with Crippen molar-refractivity contribution in [3.8, 4) is 0 Å². The average Bonchev–Trinajstić information content (AvgIpc) is 3.44. The third-order valence-corrected chi connectivity index (χ3v) is 6.70. The minimum atomic E-state index is -0.114. The first-order valence-electron chi connectivity index (χ1n) is 11.9. The van der Waals surface area contributed by atoms with E-state index in [1.165, 1.54) is 11.1 Å². The number of aromatic amines is 1. The van der Waals surface area contributed by atoms with Gasteiger partial charge in [-0.05, 0) is 38.3 Å². The van der Waals surface area contributed by atoms with Gasteiger partial charge in [0.1, 0.15) is 11.8 Å². The van der Waals surface area contributed by atoms with E-state index in [4.69, 9.17) is 0 Å². The van der Waals surface area contributed by atoms with Crippen molar-refractivity contribution >= 4 is 17.0 Å². The fourth-order valence-corrected chi connectivity index (χ4v) is 4.88. The zero-order chi connectivity index (χ0) is 23.7. The van der Waals surface area contributed by atoms with E-state index in [-0.39, 0.29) is 17.3 Å². The number of hydrogen-bond acceptors (Lipinski definition) is 5. The summed E-state index contributed by atoms with van der Waals surface area (Å²) < 4.78 is 1.84. The number of benzene rings is 2. The average molecular weight is 457 g/mol. The van der Waals surface area contributed by atoms with Crippen LogP contribution in [0, 0.1) is 0 Å². The van der Waals surface area contributed by atoms with Crippen molar-refractivity contribution in [3.63, 3.8) is 0 Å². The van der Waals surface area contributed by atoms with Crippen LogP contribution in [0.2, 0.25) is 0 Å². The number of fused-ring (bicyclic) bond motifs is 1. The van der Waals surface area contributed by atoms with Gasteiger partial charge in [-0.25, -0.2) is 14.8 Å². The summed E-state index contributed by atoms with van der Waals surface area (Å²) in [5.74, 6) is 0.749. The molecular formula is C27H32N6O. The molecule has 7 heteroatoms. The minimum absolute atomic E-state index is 0.0762. The predicted octanol–water partition coefficient (Wildman–Crippen LogP) is 4.37. The Hall–Kier alpha value is -3.45. The van der Waals surface area contributed by atoms with Crippen molar-refractivity contribution in [1.29, 1.82) is 0 Å². The Morgan fingerprint density at radius 2 is 1.59 bits per heavy atom. The molecule has 1 aliphatic heterocycles. The van der Waals surface area contributed by atoms with Gasteiger partial charge in [-0.3, -0.25) is 9.47 Å². The first-order valence-corrected chi connectivity index (χ1v) is 11.9.